The van der Waals surface area contributed by atoms with Crippen LogP contribution in [0.15, 0.2) is 12.3 Å². The van der Waals surface area contributed by atoms with E-state index in [2.05, 4.69) is 11.4 Å². The molecule has 2 N–H and O–H groups in total. The minimum absolute atomic E-state index is 0.816. The summed E-state index contributed by atoms with van der Waals surface area (Å²) in [6, 6.07) is 0. The first-order chi connectivity index (χ1) is 9.56. The average Bonchev–Trinajstić information content (AvgIpc) is 2.38. The van der Waals surface area contributed by atoms with E-state index in [1.807, 2.05) is 0 Å². The van der Waals surface area contributed by atoms with Crippen LogP contribution in [0.1, 0.15) is 84.0 Å². The van der Waals surface area contributed by atoms with Gasteiger partial charge in [-0.3, -0.25) is 9.79 Å². The quantitative estimate of drug-likeness (QED) is 0.259. The van der Waals surface area contributed by atoms with Gasteiger partial charge in [0.15, 0.2) is 0 Å². The molecule has 0 heterocycles. The highest BCUT2D eigenvalue weighted by Gasteiger charge is 2.10. The molecule has 0 atom stereocenters. The van der Waals surface area contributed by atoms with Crippen LogP contribution in [-0.4, -0.2) is 9.79 Å². The van der Waals surface area contributed by atoms with Gasteiger partial charge < -0.3 is 4.52 Å². The van der Waals surface area contributed by atoms with Crippen LogP contribution >= 0.6 is 7.82 Å². The van der Waals surface area contributed by atoms with E-state index in [1.165, 1.54) is 64.2 Å². The van der Waals surface area contributed by atoms with Gasteiger partial charge in [-0.2, -0.15) is 0 Å². The lowest BCUT2D eigenvalue weighted by Gasteiger charge is -2.02. The zero-order chi connectivity index (χ0) is 15.1. The minimum atomic E-state index is -4.34. The predicted molar refractivity (Wildman–Crippen MR) is 83.3 cm³/mol. The van der Waals surface area contributed by atoms with Gasteiger partial charge in [-0.1, -0.05) is 71.1 Å². The van der Waals surface area contributed by atoms with Gasteiger partial charge in [-0.25, -0.2) is 4.57 Å². The number of rotatable bonds is 14. The molecular formula is C15H31O4P. The zero-order valence-corrected chi connectivity index (χ0v) is 13.7. The Balaban J connectivity index is 3.12. The third-order valence-electron chi connectivity index (χ3n) is 3.27. The second-order valence-corrected chi connectivity index (χ2v) is 6.48. The first kappa shape index (κ1) is 19.7. The molecule has 0 bridgehead atoms. The number of phosphoric ester groups is 1. The second-order valence-electron chi connectivity index (χ2n) is 5.29. The van der Waals surface area contributed by atoms with Crippen molar-refractivity contribution in [3.8, 4) is 0 Å². The molecule has 0 radical (unpaired) electrons. The maximum Gasteiger partial charge on any atom is 0.524 e. The summed E-state index contributed by atoms with van der Waals surface area (Å²) < 4.78 is 14.6. The Kier molecular flexibility index (Phi) is 13.5. The van der Waals surface area contributed by atoms with Crippen molar-refractivity contribution in [1.29, 1.82) is 0 Å². The predicted octanol–water partition coefficient (Wildman–Crippen LogP) is 5.31. The van der Waals surface area contributed by atoms with Gasteiger partial charge in [-0.05, 0) is 18.9 Å². The Bertz CT molecular complexity index is 273. The van der Waals surface area contributed by atoms with Crippen LogP contribution < -0.4 is 0 Å². The van der Waals surface area contributed by atoms with Crippen LogP contribution in [-0.2, 0) is 9.09 Å². The van der Waals surface area contributed by atoms with E-state index in [9.17, 15) is 4.57 Å². The SMILES string of the molecule is CCCCCCCCCCCCCC=COP(=O)(O)O. The minimum Gasteiger partial charge on any atom is -0.413 e. The lowest BCUT2D eigenvalue weighted by atomic mass is 10.1. The summed E-state index contributed by atoms with van der Waals surface area (Å²) in [6.07, 6.45) is 17.9. The fourth-order valence-electron chi connectivity index (χ4n) is 2.12. The normalized spacial score (nSPS) is 12.2. The van der Waals surface area contributed by atoms with E-state index in [1.54, 1.807) is 6.08 Å². The van der Waals surface area contributed by atoms with Gasteiger partial charge in [0.2, 0.25) is 0 Å². The summed E-state index contributed by atoms with van der Waals surface area (Å²) in [7, 11) is -4.34. The van der Waals surface area contributed by atoms with Crippen LogP contribution in [0, 0.1) is 0 Å². The fourth-order valence-corrected chi connectivity index (χ4v) is 2.36. The Morgan fingerprint density at radius 3 is 1.75 bits per heavy atom. The summed E-state index contributed by atoms with van der Waals surface area (Å²) >= 11 is 0. The van der Waals surface area contributed by atoms with Gasteiger partial charge >= 0.3 is 7.82 Å². The van der Waals surface area contributed by atoms with Crippen molar-refractivity contribution in [3.05, 3.63) is 12.3 Å². The lowest BCUT2D eigenvalue weighted by Crippen LogP contribution is -1.82. The third-order valence-corrected chi connectivity index (χ3v) is 3.67. The molecule has 0 aromatic rings. The highest BCUT2D eigenvalue weighted by molar-refractivity contribution is 7.46. The molecule has 0 fully saturated rings. The van der Waals surface area contributed by atoms with Crippen molar-refractivity contribution in [3.63, 3.8) is 0 Å². The second kappa shape index (κ2) is 13.7. The van der Waals surface area contributed by atoms with Crippen molar-refractivity contribution in [2.45, 2.75) is 84.0 Å². The Morgan fingerprint density at radius 1 is 0.850 bits per heavy atom. The maximum atomic E-state index is 10.4. The van der Waals surface area contributed by atoms with Crippen molar-refractivity contribution >= 4 is 7.82 Å². The van der Waals surface area contributed by atoms with E-state index < -0.39 is 7.82 Å². The van der Waals surface area contributed by atoms with Gasteiger partial charge in [0, 0.05) is 0 Å². The van der Waals surface area contributed by atoms with Crippen molar-refractivity contribution in [2.75, 3.05) is 0 Å². The molecule has 5 heteroatoms. The van der Waals surface area contributed by atoms with Crippen molar-refractivity contribution in [1.82, 2.24) is 0 Å². The standard InChI is InChI=1S/C15H31O4P/c1-2-3-4-5-6-7-8-9-10-11-12-13-14-15-19-20(16,17)18/h14-15H,2-13H2,1H3,(H2,16,17,18). The van der Waals surface area contributed by atoms with Gasteiger partial charge in [0.25, 0.3) is 0 Å². The first-order valence-electron chi connectivity index (χ1n) is 7.95. The van der Waals surface area contributed by atoms with E-state index in [0.29, 0.717) is 0 Å². The van der Waals surface area contributed by atoms with Crippen LogP contribution in [0.4, 0.5) is 0 Å². The van der Waals surface area contributed by atoms with Gasteiger partial charge in [-0.15, -0.1) is 0 Å². The highest BCUT2D eigenvalue weighted by atomic mass is 31.2. The molecule has 0 unspecified atom stereocenters. The Hall–Kier alpha value is -0.310. The highest BCUT2D eigenvalue weighted by Crippen LogP contribution is 2.35. The largest absolute Gasteiger partial charge is 0.524 e. The molecule has 4 nitrogen and oxygen atoms in total. The number of phosphoric acid groups is 1. The molecule has 0 aromatic carbocycles. The fraction of sp³-hybridized carbons (Fsp3) is 0.867. The molecule has 0 aliphatic rings. The molecule has 0 aliphatic heterocycles. The topological polar surface area (TPSA) is 66.8 Å². The molecule has 20 heavy (non-hydrogen) atoms. The molecule has 0 saturated carbocycles. The molecule has 0 aliphatic carbocycles. The van der Waals surface area contributed by atoms with Crippen LogP contribution in [0.2, 0.25) is 0 Å². The summed E-state index contributed by atoms with van der Waals surface area (Å²) in [6.45, 7) is 2.24. The van der Waals surface area contributed by atoms with E-state index >= 15 is 0 Å². The molecule has 0 rings (SSSR count). The van der Waals surface area contributed by atoms with Crippen LogP contribution in [0.3, 0.4) is 0 Å². The van der Waals surface area contributed by atoms with E-state index in [0.717, 1.165) is 19.1 Å². The summed E-state index contributed by atoms with van der Waals surface area (Å²) in [5.74, 6) is 0. The molecule has 0 aromatic heterocycles. The van der Waals surface area contributed by atoms with Gasteiger partial charge in [0.1, 0.15) is 0 Å². The van der Waals surface area contributed by atoms with Crippen molar-refractivity contribution in [2.24, 2.45) is 0 Å². The smallest absolute Gasteiger partial charge is 0.413 e. The summed E-state index contributed by atoms with van der Waals surface area (Å²) in [4.78, 5) is 16.9. The van der Waals surface area contributed by atoms with Gasteiger partial charge in [0.05, 0.1) is 6.26 Å². The Labute approximate surface area is 123 Å². The molecule has 0 spiro atoms. The maximum absolute atomic E-state index is 10.4. The average molecular weight is 306 g/mol. The zero-order valence-electron chi connectivity index (χ0n) is 12.8. The monoisotopic (exact) mass is 306 g/mol. The molecule has 120 valence electrons. The van der Waals surface area contributed by atoms with Crippen molar-refractivity contribution < 1.29 is 18.9 Å². The van der Waals surface area contributed by atoms with E-state index in [4.69, 9.17) is 9.79 Å². The number of allylic oxidation sites excluding steroid dienone is 1. The molecule has 0 amide bonds. The third kappa shape index (κ3) is 17.7. The number of hydrogen-bond donors (Lipinski definition) is 2. The summed E-state index contributed by atoms with van der Waals surface area (Å²) in [5.41, 5.74) is 0. The lowest BCUT2D eigenvalue weighted by molar-refractivity contribution is 0.258. The summed E-state index contributed by atoms with van der Waals surface area (Å²) in [5, 5.41) is 0. The molecular weight excluding hydrogens is 275 g/mol. The molecule has 0 saturated heterocycles. The first-order valence-corrected chi connectivity index (χ1v) is 9.48. The van der Waals surface area contributed by atoms with E-state index in [-0.39, 0.29) is 0 Å². The number of unbranched alkanes of at least 4 members (excludes halogenated alkanes) is 11. The number of hydrogen-bond acceptors (Lipinski definition) is 2. The Morgan fingerprint density at radius 2 is 1.30 bits per heavy atom. The van der Waals surface area contributed by atoms with Crippen LogP contribution in [0.25, 0.3) is 0 Å². The van der Waals surface area contributed by atoms with Crippen LogP contribution in [0.5, 0.6) is 0 Å².